The average molecular weight is 494 g/mol. The maximum atomic E-state index is 12.8. The Morgan fingerprint density at radius 1 is 1.00 bits per heavy atom. The molecule has 1 amide bonds. The van der Waals surface area contributed by atoms with Crippen molar-refractivity contribution in [1.82, 2.24) is 9.21 Å². The first-order valence-corrected chi connectivity index (χ1v) is 14.0. The zero-order valence-corrected chi connectivity index (χ0v) is 20.6. The predicted octanol–water partition coefficient (Wildman–Crippen LogP) is 2.66. The largest absolute Gasteiger partial charge is 0.339 e. The molecule has 0 saturated carbocycles. The number of carbonyl (C=O) groups is 1. The highest BCUT2D eigenvalue weighted by molar-refractivity contribution is 7.89. The topological polar surface area (TPSA) is 118 Å². The Morgan fingerprint density at radius 2 is 1.64 bits per heavy atom. The summed E-state index contributed by atoms with van der Waals surface area (Å²) in [5.74, 6) is -0.103. The van der Waals surface area contributed by atoms with E-state index in [1.54, 1.807) is 48.3 Å². The van der Waals surface area contributed by atoms with Crippen molar-refractivity contribution >= 4 is 26.0 Å². The van der Waals surface area contributed by atoms with Gasteiger partial charge < -0.3 is 4.90 Å². The van der Waals surface area contributed by atoms with E-state index < -0.39 is 20.0 Å². The summed E-state index contributed by atoms with van der Waals surface area (Å²) in [5, 5.41) is 5.20. The third-order valence-corrected chi connectivity index (χ3v) is 8.97. The minimum atomic E-state index is -3.82. The summed E-state index contributed by atoms with van der Waals surface area (Å²) in [6.45, 7) is 2.94. The molecule has 2 aromatic rings. The summed E-state index contributed by atoms with van der Waals surface area (Å²) in [6.07, 6.45) is 3.55. The van der Waals surface area contributed by atoms with Gasteiger partial charge in [0.1, 0.15) is 0 Å². The molecule has 10 heteroatoms. The monoisotopic (exact) mass is 493 g/mol. The van der Waals surface area contributed by atoms with Crippen LogP contribution in [0.15, 0.2) is 58.3 Å². The lowest BCUT2D eigenvalue weighted by atomic mass is 10.1. The van der Waals surface area contributed by atoms with Crippen molar-refractivity contribution < 1.29 is 21.6 Å². The molecule has 8 nitrogen and oxygen atoms in total. The van der Waals surface area contributed by atoms with Gasteiger partial charge in [-0.1, -0.05) is 30.7 Å². The van der Waals surface area contributed by atoms with Crippen LogP contribution in [0.5, 0.6) is 0 Å². The normalized spacial score (nSPS) is 16.3. The number of hydrogen-bond acceptors (Lipinski definition) is 5. The van der Waals surface area contributed by atoms with Gasteiger partial charge in [-0.05, 0) is 61.6 Å². The van der Waals surface area contributed by atoms with Gasteiger partial charge in [0.25, 0.3) is 0 Å². The summed E-state index contributed by atoms with van der Waals surface area (Å²) in [6, 6.07) is 12.6. The second-order valence-corrected chi connectivity index (χ2v) is 11.9. The molecule has 1 atom stereocenters. The molecule has 1 aliphatic rings. The molecule has 1 fully saturated rings. The van der Waals surface area contributed by atoms with E-state index in [2.05, 4.69) is 0 Å². The van der Waals surface area contributed by atoms with Gasteiger partial charge in [-0.2, -0.15) is 4.31 Å². The number of benzene rings is 2. The first-order valence-electron chi connectivity index (χ1n) is 11.0. The molecule has 180 valence electrons. The molecule has 33 heavy (non-hydrogen) atoms. The van der Waals surface area contributed by atoms with Gasteiger partial charge in [-0.25, -0.2) is 22.0 Å². The lowest BCUT2D eigenvalue weighted by Gasteiger charge is -2.26. The molecule has 1 heterocycles. The Hall–Kier alpha value is -2.27. The molecule has 0 aliphatic carbocycles. The minimum absolute atomic E-state index is 0.00675. The number of carbonyl (C=O) groups excluding carboxylic acids is 1. The zero-order chi connectivity index (χ0) is 24.2. The summed E-state index contributed by atoms with van der Waals surface area (Å²) >= 11 is 0. The number of nitrogens with zero attached hydrogens (tertiary/aromatic N) is 2. The van der Waals surface area contributed by atoms with E-state index in [0.717, 1.165) is 24.8 Å². The average Bonchev–Trinajstić information content (AvgIpc) is 2.82. The van der Waals surface area contributed by atoms with Crippen LogP contribution in [-0.2, 0) is 31.3 Å². The zero-order valence-electron chi connectivity index (χ0n) is 19.0. The first kappa shape index (κ1) is 25.4. The van der Waals surface area contributed by atoms with Crippen LogP contribution in [0.3, 0.4) is 0 Å². The SMILES string of the molecule is CC(c1cccc(S(N)(=O)=O)c1)N(C)C(=O)CCc1ccc(S(=O)(=O)N2CCCCC2)cc1. The Morgan fingerprint density at radius 3 is 2.24 bits per heavy atom. The van der Waals surface area contributed by atoms with Gasteiger partial charge in [0.05, 0.1) is 15.8 Å². The highest BCUT2D eigenvalue weighted by Crippen LogP contribution is 2.23. The quantitative estimate of drug-likeness (QED) is 0.607. The summed E-state index contributed by atoms with van der Waals surface area (Å²) in [5.41, 5.74) is 1.54. The molecule has 0 radical (unpaired) electrons. The van der Waals surface area contributed by atoms with E-state index in [1.165, 1.54) is 16.4 Å². The van der Waals surface area contributed by atoms with Crippen LogP contribution in [0.1, 0.15) is 49.8 Å². The molecule has 0 spiro atoms. The molecular weight excluding hydrogens is 462 g/mol. The predicted molar refractivity (Wildman–Crippen MR) is 126 cm³/mol. The maximum Gasteiger partial charge on any atom is 0.243 e. The van der Waals surface area contributed by atoms with E-state index in [9.17, 15) is 21.6 Å². The minimum Gasteiger partial charge on any atom is -0.339 e. The number of rotatable bonds is 8. The van der Waals surface area contributed by atoms with E-state index in [1.807, 2.05) is 6.92 Å². The summed E-state index contributed by atoms with van der Waals surface area (Å²) < 4.78 is 50.3. The molecular formula is C23H31N3O5S2. The van der Waals surface area contributed by atoms with Gasteiger partial charge in [0.2, 0.25) is 26.0 Å². The number of nitrogens with two attached hydrogens (primary N) is 1. The molecule has 1 aliphatic heterocycles. The van der Waals surface area contributed by atoms with Gasteiger partial charge in [0.15, 0.2) is 0 Å². The van der Waals surface area contributed by atoms with Crippen LogP contribution < -0.4 is 5.14 Å². The molecule has 3 rings (SSSR count). The van der Waals surface area contributed by atoms with Gasteiger partial charge in [-0.15, -0.1) is 0 Å². The molecule has 0 aromatic heterocycles. The van der Waals surface area contributed by atoms with Crippen molar-refractivity contribution in [2.45, 2.75) is 54.9 Å². The van der Waals surface area contributed by atoms with Crippen LogP contribution in [0.4, 0.5) is 0 Å². The van der Waals surface area contributed by atoms with Crippen LogP contribution in [-0.4, -0.2) is 52.1 Å². The standard InChI is InChI=1S/C23H31N3O5S2/c1-18(20-7-6-8-22(17-20)32(24,28)29)25(2)23(27)14-11-19-9-12-21(13-10-19)33(30,31)26-15-4-3-5-16-26/h6-10,12-13,17-18H,3-5,11,14-16H2,1-2H3,(H2,24,28,29). The Balaban J connectivity index is 1.61. The molecule has 0 bridgehead atoms. The molecule has 2 aromatic carbocycles. The van der Waals surface area contributed by atoms with Crippen molar-refractivity contribution in [3.8, 4) is 0 Å². The highest BCUT2D eigenvalue weighted by atomic mass is 32.2. The number of piperidine rings is 1. The van der Waals surface area contributed by atoms with Crippen LogP contribution in [0, 0.1) is 0 Å². The molecule has 2 N–H and O–H groups in total. The highest BCUT2D eigenvalue weighted by Gasteiger charge is 2.26. The van der Waals surface area contributed by atoms with Crippen LogP contribution in [0.25, 0.3) is 0 Å². The maximum absolute atomic E-state index is 12.8. The Bertz CT molecular complexity index is 1190. The summed E-state index contributed by atoms with van der Waals surface area (Å²) in [4.78, 5) is 14.6. The molecule has 1 unspecified atom stereocenters. The van der Waals surface area contributed by atoms with E-state index in [0.29, 0.717) is 25.1 Å². The number of aryl methyl sites for hydroxylation is 1. The van der Waals surface area contributed by atoms with Crippen molar-refractivity contribution in [3.63, 3.8) is 0 Å². The fraction of sp³-hybridized carbons (Fsp3) is 0.435. The Labute approximate surface area is 196 Å². The lowest BCUT2D eigenvalue weighted by molar-refractivity contribution is -0.131. The van der Waals surface area contributed by atoms with Gasteiger partial charge >= 0.3 is 0 Å². The van der Waals surface area contributed by atoms with E-state index in [-0.39, 0.29) is 28.2 Å². The van der Waals surface area contributed by atoms with Gasteiger partial charge in [-0.3, -0.25) is 4.79 Å². The van der Waals surface area contributed by atoms with Crippen molar-refractivity contribution in [3.05, 3.63) is 59.7 Å². The lowest BCUT2D eigenvalue weighted by Crippen LogP contribution is -2.35. The van der Waals surface area contributed by atoms with Crippen molar-refractivity contribution in [2.75, 3.05) is 20.1 Å². The third kappa shape index (κ3) is 6.20. The van der Waals surface area contributed by atoms with E-state index in [4.69, 9.17) is 5.14 Å². The number of sulfonamides is 2. The first-order chi connectivity index (χ1) is 15.5. The Kier molecular flexibility index (Phi) is 7.94. The summed E-state index contributed by atoms with van der Waals surface area (Å²) in [7, 11) is -5.62. The number of hydrogen-bond donors (Lipinski definition) is 1. The number of primary sulfonamides is 1. The molecule has 1 saturated heterocycles. The fourth-order valence-electron chi connectivity index (χ4n) is 3.90. The second-order valence-electron chi connectivity index (χ2n) is 8.41. The van der Waals surface area contributed by atoms with Crippen molar-refractivity contribution in [1.29, 1.82) is 0 Å². The van der Waals surface area contributed by atoms with Crippen LogP contribution >= 0.6 is 0 Å². The van der Waals surface area contributed by atoms with E-state index >= 15 is 0 Å². The second kappa shape index (κ2) is 10.3. The van der Waals surface area contributed by atoms with Crippen molar-refractivity contribution in [2.24, 2.45) is 5.14 Å². The number of amides is 1. The smallest absolute Gasteiger partial charge is 0.243 e. The fourth-order valence-corrected chi connectivity index (χ4v) is 5.99. The van der Waals surface area contributed by atoms with Gasteiger partial charge in [0, 0.05) is 26.6 Å². The van der Waals surface area contributed by atoms with Crippen LogP contribution in [0.2, 0.25) is 0 Å². The third-order valence-electron chi connectivity index (χ3n) is 6.15.